The smallest absolute Gasteiger partial charge is 0.275 e. The highest BCUT2D eigenvalue weighted by atomic mass is 16.3. The van der Waals surface area contributed by atoms with E-state index in [4.69, 9.17) is 0 Å². The molecule has 6 heteroatoms. The van der Waals surface area contributed by atoms with E-state index in [9.17, 15) is 9.70 Å². The second kappa shape index (κ2) is 8.38. The van der Waals surface area contributed by atoms with Crippen LogP contribution in [0.15, 0.2) is 35.8 Å². The van der Waals surface area contributed by atoms with Gasteiger partial charge in [0.15, 0.2) is 0 Å². The molecule has 0 bridgehead atoms. The van der Waals surface area contributed by atoms with Crippen LogP contribution in [0.4, 0.5) is 0 Å². The van der Waals surface area contributed by atoms with E-state index in [-0.39, 0.29) is 5.41 Å². The molecule has 0 fully saturated rings. The Balaban J connectivity index is 2.53. The molecule has 22 heavy (non-hydrogen) atoms. The molecule has 0 aromatic carbocycles. The second-order valence-electron chi connectivity index (χ2n) is 5.97. The summed E-state index contributed by atoms with van der Waals surface area (Å²) in [7, 11) is 0. The Kier molecular flexibility index (Phi) is 6.85. The van der Waals surface area contributed by atoms with Crippen molar-refractivity contribution >= 4 is 5.91 Å². The highest BCUT2D eigenvalue weighted by Gasteiger charge is 2.21. The number of pyridine rings is 1. The summed E-state index contributed by atoms with van der Waals surface area (Å²) in [5.41, 5.74) is 4.35. The largest absolute Gasteiger partial charge is 0.311 e. The summed E-state index contributed by atoms with van der Waals surface area (Å²) in [4.78, 5) is 25.6. The highest BCUT2D eigenvalue weighted by molar-refractivity contribution is 5.93. The van der Waals surface area contributed by atoms with E-state index in [0.717, 1.165) is 25.1 Å². The molecule has 0 saturated carbocycles. The number of allylic oxidation sites excluding steroid dienone is 1. The third kappa shape index (κ3) is 5.73. The molecular formula is C16H24N4O2. The van der Waals surface area contributed by atoms with Crippen molar-refractivity contribution in [2.75, 3.05) is 6.54 Å². The minimum atomic E-state index is -0.554. The van der Waals surface area contributed by atoms with Crippen molar-refractivity contribution in [3.05, 3.63) is 46.6 Å². The summed E-state index contributed by atoms with van der Waals surface area (Å²) in [6, 6.07) is 3.38. The third-order valence-electron chi connectivity index (χ3n) is 3.67. The average molecular weight is 304 g/mol. The summed E-state index contributed by atoms with van der Waals surface area (Å²) >= 11 is 0. The zero-order chi connectivity index (χ0) is 16.6. The molecule has 0 aliphatic heterocycles. The van der Waals surface area contributed by atoms with Crippen LogP contribution in [0.2, 0.25) is 0 Å². The molecule has 6 nitrogen and oxygen atoms in total. The van der Waals surface area contributed by atoms with Gasteiger partial charge in [-0.25, -0.2) is 5.43 Å². The average Bonchev–Trinajstić information content (AvgIpc) is 2.47. The first kappa shape index (κ1) is 18.0. The molecule has 120 valence electrons. The topological polar surface area (TPSA) is 83.5 Å². The van der Waals surface area contributed by atoms with Crippen molar-refractivity contribution in [1.82, 2.24) is 15.7 Å². The van der Waals surface area contributed by atoms with Crippen molar-refractivity contribution in [3.63, 3.8) is 0 Å². The number of carbonyl (C=O) groups excluding carboxylic acids is 1. The maximum Gasteiger partial charge on any atom is 0.275 e. The highest BCUT2D eigenvalue weighted by Crippen LogP contribution is 2.28. The third-order valence-corrected chi connectivity index (χ3v) is 3.67. The molecule has 0 spiro atoms. The molecule has 0 aliphatic carbocycles. The molecule has 1 rings (SSSR count). The molecule has 0 radical (unpaired) electrons. The van der Waals surface area contributed by atoms with Crippen molar-refractivity contribution in [2.24, 2.45) is 10.7 Å². The molecule has 1 amide bonds. The molecule has 1 atom stereocenters. The van der Waals surface area contributed by atoms with E-state index in [2.05, 4.69) is 36.0 Å². The number of nitrogens with zero attached hydrogens (tertiary/aromatic N) is 2. The van der Waals surface area contributed by atoms with Gasteiger partial charge >= 0.3 is 0 Å². The van der Waals surface area contributed by atoms with Crippen LogP contribution in [0.3, 0.4) is 0 Å². The Morgan fingerprint density at radius 1 is 1.45 bits per heavy atom. The normalized spacial score (nSPS) is 13.2. The zero-order valence-electron chi connectivity index (χ0n) is 13.5. The monoisotopic (exact) mass is 304 g/mol. The Hall–Kier alpha value is -2.08. The zero-order valence-corrected chi connectivity index (χ0v) is 13.5. The van der Waals surface area contributed by atoms with Crippen molar-refractivity contribution < 1.29 is 4.79 Å². The van der Waals surface area contributed by atoms with Gasteiger partial charge in [-0.1, -0.05) is 19.4 Å². The standard InChI is InChI=1S/C16H24N4O2/c1-5-16(4,8-12(2)3)11-17-10-14-7-6-13(9-18-14)15(21)19-20-22/h6-7,9,17H,2,5,8,10-11H2,1,3-4H3,(H,19,21,22). The van der Waals surface area contributed by atoms with Gasteiger partial charge in [0.1, 0.15) is 0 Å². The predicted molar refractivity (Wildman–Crippen MR) is 87.0 cm³/mol. The molecule has 1 aromatic rings. The summed E-state index contributed by atoms with van der Waals surface area (Å²) in [5.74, 6) is -0.554. The van der Waals surface area contributed by atoms with Crippen LogP contribution in [-0.2, 0) is 6.54 Å². The maximum atomic E-state index is 11.4. The number of nitroso groups, excluding NO2 is 1. The van der Waals surface area contributed by atoms with Crippen LogP contribution < -0.4 is 10.7 Å². The Morgan fingerprint density at radius 3 is 2.68 bits per heavy atom. The molecule has 1 heterocycles. The number of carbonyl (C=O) groups is 1. The van der Waals surface area contributed by atoms with E-state index in [1.165, 1.54) is 11.8 Å². The minimum Gasteiger partial charge on any atom is -0.311 e. The molecule has 2 N–H and O–H groups in total. The first-order chi connectivity index (χ1) is 10.4. The molecule has 1 aromatic heterocycles. The number of hydrogen-bond donors (Lipinski definition) is 2. The van der Waals surface area contributed by atoms with E-state index < -0.39 is 5.91 Å². The van der Waals surface area contributed by atoms with Gasteiger partial charge in [0.25, 0.3) is 5.91 Å². The lowest BCUT2D eigenvalue weighted by atomic mass is 9.81. The quantitative estimate of drug-likeness (QED) is 0.417. The lowest BCUT2D eigenvalue weighted by molar-refractivity contribution is 0.0954. The van der Waals surface area contributed by atoms with Crippen molar-refractivity contribution in [2.45, 2.75) is 40.2 Å². The van der Waals surface area contributed by atoms with E-state index in [0.29, 0.717) is 12.1 Å². The fourth-order valence-corrected chi connectivity index (χ4v) is 2.30. The first-order valence-electron chi connectivity index (χ1n) is 7.33. The molecule has 0 aliphatic rings. The number of amides is 1. The summed E-state index contributed by atoms with van der Waals surface area (Å²) in [6.45, 7) is 11.9. The fourth-order valence-electron chi connectivity index (χ4n) is 2.30. The predicted octanol–water partition coefficient (Wildman–Crippen LogP) is 2.96. The molecule has 1 unspecified atom stereocenters. The van der Waals surface area contributed by atoms with Crippen LogP contribution in [0.25, 0.3) is 0 Å². The van der Waals surface area contributed by atoms with Gasteiger partial charge in [0, 0.05) is 19.3 Å². The van der Waals surface area contributed by atoms with E-state index in [1.807, 2.05) is 12.3 Å². The van der Waals surface area contributed by atoms with Crippen molar-refractivity contribution in [3.8, 4) is 0 Å². The van der Waals surface area contributed by atoms with Crippen LogP contribution in [-0.4, -0.2) is 17.4 Å². The number of hydrogen-bond acceptors (Lipinski definition) is 5. The van der Waals surface area contributed by atoms with Gasteiger partial charge < -0.3 is 5.32 Å². The number of nitrogens with one attached hydrogen (secondary N) is 2. The van der Waals surface area contributed by atoms with Gasteiger partial charge in [-0.3, -0.25) is 9.78 Å². The lowest BCUT2D eigenvalue weighted by Crippen LogP contribution is -2.31. The van der Waals surface area contributed by atoms with Gasteiger partial charge in [-0.15, -0.1) is 11.5 Å². The van der Waals surface area contributed by atoms with Crippen LogP contribution in [0.1, 0.15) is 49.7 Å². The maximum absolute atomic E-state index is 11.4. The minimum absolute atomic E-state index is 0.182. The van der Waals surface area contributed by atoms with Crippen LogP contribution in [0.5, 0.6) is 0 Å². The van der Waals surface area contributed by atoms with Gasteiger partial charge in [-0.05, 0) is 37.3 Å². The molecule has 0 saturated heterocycles. The summed E-state index contributed by atoms with van der Waals surface area (Å²) in [6.07, 6.45) is 3.49. The van der Waals surface area contributed by atoms with Crippen LogP contribution in [0, 0.1) is 10.3 Å². The second-order valence-corrected chi connectivity index (χ2v) is 5.97. The Bertz CT molecular complexity index is 527. The Labute approximate surface area is 131 Å². The van der Waals surface area contributed by atoms with Gasteiger partial charge in [0.2, 0.25) is 0 Å². The van der Waals surface area contributed by atoms with E-state index in [1.54, 1.807) is 12.1 Å². The van der Waals surface area contributed by atoms with Crippen molar-refractivity contribution in [1.29, 1.82) is 0 Å². The first-order valence-corrected chi connectivity index (χ1v) is 7.33. The van der Waals surface area contributed by atoms with Gasteiger partial charge in [-0.2, -0.15) is 0 Å². The summed E-state index contributed by atoms with van der Waals surface area (Å²) in [5, 5.41) is 5.75. The lowest BCUT2D eigenvalue weighted by Gasteiger charge is -2.29. The number of rotatable bonds is 9. The molecular weight excluding hydrogens is 280 g/mol. The number of aromatic nitrogens is 1. The van der Waals surface area contributed by atoms with E-state index >= 15 is 0 Å². The van der Waals surface area contributed by atoms with Gasteiger partial charge in [0.05, 0.1) is 16.5 Å². The SMILES string of the molecule is C=C(C)CC(C)(CC)CNCc1ccc(C(=O)NN=O)cn1. The summed E-state index contributed by atoms with van der Waals surface area (Å²) < 4.78 is 0. The van der Waals surface area contributed by atoms with Crippen LogP contribution >= 0.6 is 0 Å². The Morgan fingerprint density at radius 2 is 2.18 bits per heavy atom. The fraction of sp³-hybridized carbons (Fsp3) is 0.500.